The molecule has 160 valence electrons. The monoisotopic (exact) mass is 489 g/mol. The van der Waals surface area contributed by atoms with E-state index in [0.717, 1.165) is 15.8 Å². The first-order valence-electron chi connectivity index (χ1n) is 9.98. The Morgan fingerprint density at radius 2 is 1.88 bits per heavy atom. The summed E-state index contributed by atoms with van der Waals surface area (Å²) in [7, 11) is 0. The third kappa shape index (κ3) is 4.55. The van der Waals surface area contributed by atoms with E-state index < -0.39 is 0 Å². The van der Waals surface area contributed by atoms with Crippen LogP contribution < -0.4 is 11.1 Å². The lowest BCUT2D eigenvalue weighted by Gasteiger charge is -2.06. The third-order valence-corrected chi connectivity index (χ3v) is 5.34. The minimum atomic E-state index is -0.159. The van der Waals surface area contributed by atoms with Crippen LogP contribution in [-0.4, -0.2) is 32.0 Å². The Morgan fingerprint density at radius 3 is 2.53 bits per heavy atom. The predicted octanol–water partition coefficient (Wildman–Crippen LogP) is 3.64. The van der Waals surface area contributed by atoms with E-state index in [9.17, 15) is 10.1 Å². The number of nitrogens with two attached hydrogens (primary N) is 1. The quantitative estimate of drug-likeness (QED) is 0.384. The third-order valence-electron chi connectivity index (χ3n) is 4.93. The van der Waals surface area contributed by atoms with E-state index in [1.54, 1.807) is 27.7 Å². The largest absolute Gasteiger partial charge is 0.382 e. The van der Waals surface area contributed by atoms with Gasteiger partial charge in [0.15, 0.2) is 0 Å². The van der Waals surface area contributed by atoms with Gasteiger partial charge in [-0.1, -0.05) is 18.2 Å². The van der Waals surface area contributed by atoms with Crippen molar-refractivity contribution in [1.29, 1.82) is 5.26 Å². The number of benzene rings is 2. The molecule has 4 aromatic rings. The van der Waals surface area contributed by atoms with Crippen LogP contribution in [0.15, 0.2) is 71.5 Å². The number of nitrogens with zero attached hydrogens (tertiary/aromatic N) is 5. The Morgan fingerprint density at radius 1 is 1.12 bits per heavy atom. The normalized spacial score (nSPS) is 10.6. The first-order chi connectivity index (χ1) is 15.6. The first-order valence-corrected chi connectivity index (χ1v) is 10.8. The summed E-state index contributed by atoms with van der Waals surface area (Å²) >= 11 is 3.37. The van der Waals surface area contributed by atoms with Crippen molar-refractivity contribution in [3.05, 3.63) is 88.3 Å². The summed E-state index contributed by atoms with van der Waals surface area (Å²) in [5.74, 6) is 0.162. The van der Waals surface area contributed by atoms with E-state index in [4.69, 9.17) is 5.73 Å². The van der Waals surface area contributed by atoms with Crippen molar-refractivity contribution in [2.24, 2.45) is 0 Å². The molecule has 0 radical (unpaired) electrons. The predicted molar refractivity (Wildman–Crippen MR) is 125 cm³/mol. The molecular formula is C23H20BrN7O. The number of halogens is 1. The Kier molecular flexibility index (Phi) is 6.33. The highest BCUT2D eigenvalue weighted by molar-refractivity contribution is 9.10. The van der Waals surface area contributed by atoms with Gasteiger partial charge < -0.3 is 11.1 Å². The maximum atomic E-state index is 12.4. The molecule has 4 rings (SSSR count). The fraction of sp³-hybridized carbons (Fsp3) is 0.130. The lowest BCUT2D eigenvalue weighted by Crippen LogP contribution is -2.24. The minimum absolute atomic E-state index is 0.159. The smallest absolute Gasteiger partial charge is 0.251 e. The van der Waals surface area contributed by atoms with E-state index >= 15 is 0 Å². The van der Waals surface area contributed by atoms with Crippen molar-refractivity contribution in [2.75, 3.05) is 12.3 Å². The fourth-order valence-electron chi connectivity index (χ4n) is 3.31. The molecule has 8 nitrogen and oxygen atoms in total. The maximum absolute atomic E-state index is 12.4. The average Bonchev–Trinajstić information content (AvgIpc) is 3.40. The molecule has 0 aliphatic heterocycles. The molecule has 0 spiro atoms. The van der Waals surface area contributed by atoms with Crippen molar-refractivity contribution < 1.29 is 4.79 Å². The lowest BCUT2D eigenvalue weighted by atomic mass is 10.1. The van der Waals surface area contributed by atoms with Crippen molar-refractivity contribution in [3.8, 4) is 17.4 Å². The van der Waals surface area contributed by atoms with Crippen molar-refractivity contribution in [3.63, 3.8) is 0 Å². The molecule has 0 atom stereocenters. The second kappa shape index (κ2) is 9.49. The number of rotatable bonds is 7. The van der Waals surface area contributed by atoms with Gasteiger partial charge in [-0.3, -0.25) is 4.79 Å². The van der Waals surface area contributed by atoms with Crippen LogP contribution in [0.5, 0.6) is 0 Å². The van der Waals surface area contributed by atoms with Gasteiger partial charge in [0.25, 0.3) is 5.91 Å². The number of amides is 1. The molecule has 2 aromatic heterocycles. The summed E-state index contributed by atoms with van der Waals surface area (Å²) in [6.07, 6.45) is 4.71. The Balaban J connectivity index is 1.34. The Hall–Kier alpha value is -3.90. The maximum Gasteiger partial charge on any atom is 0.251 e. The number of anilines is 1. The molecule has 0 aliphatic rings. The molecule has 0 fully saturated rings. The molecular weight excluding hydrogens is 470 g/mol. The summed E-state index contributed by atoms with van der Waals surface area (Å²) in [6, 6.07) is 18.8. The topological polar surface area (TPSA) is 115 Å². The lowest BCUT2D eigenvalue weighted by molar-refractivity contribution is 0.0953. The van der Waals surface area contributed by atoms with E-state index in [-0.39, 0.29) is 5.91 Å². The van der Waals surface area contributed by atoms with Crippen molar-refractivity contribution >= 4 is 27.7 Å². The summed E-state index contributed by atoms with van der Waals surface area (Å²) in [5, 5.41) is 21.1. The van der Waals surface area contributed by atoms with E-state index in [1.165, 1.54) is 0 Å². The first kappa shape index (κ1) is 21.3. The zero-order chi connectivity index (χ0) is 22.5. The molecule has 9 heteroatoms. The van der Waals surface area contributed by atoms with Crippen LogP contribution in [0.2, 0.25) is 0 Å². The molecule has 0 bridgehead atoms. The van der Waals surface area contributed by atoms with Crippen LogP contribution in [0, 0.1) is 11.3 Å². The van der Waals surface area contributed by atoms with Gasteiger partial charge in [-0.25, -0.2) is 9.36 Å². The number of hydrogen-bond acceptors (Lipinski definition) is 5. The fourth-order valence-corrected chi connectivity index (χ4v) is 3.59. The van der Waals surface area contributed by atoms with Gasteiger partial charge in [0.05, 0.1) is 27.7 Å². The molecule has 0 saturated carbocycles. The summed E-state index contributed by atoms with van der Waals surface area (Å²) in [4.78, 5) is 12.4. The molecule has 2 aromatic carbocycles. The number of nitrogen functional groups attached to an aromatic ring is 1. The number of aromatic nitrogens is 4. The molecule has 3 N–H and O–H groups in total. The standard InChI is InChI=1S/C23H20BrN7O/c24-17-14-28-30(15-17)18-10-8-16(9-11-18)23(32)27-12-4-7-21-20(13-25)22(26)31(29-21)19-5-2-1-3-6-19/h1-3,5-6,8-11,14-15H,4,7,12,26H2,(H,27,32). The highest BCUT2D eigenvalue weighted by Crippen LogP contribution is 2.21. The van der Waals surface area contributed by atoms with Crippen molar-refractivity contribution in [2.45, 2.75) is 12.8 Å². The van der Waals surface area contributed by atoms with Gasteiger partial charge in [-0.2, -0.15) is 15.5 Å². The number of para-hydroxylation sites is 1. The Labute approximate surface area is 193 Å². The summed E-state index contributed by atoms with van der Waals surface area (Å²) in [6.45, 7) is 0.454. The van der Waals surface area contributed by atoms with Crippen LogP contribution in [0.3, 0.4) is 0 Å². The molecule has 0 saturated heterocycles. The zero-order valence-electron chi connectivity index (χ0n) is 17.1. The van der Waals surface area contributed by atoms with Gasteiger partial charge in [-0.05, 0) is 65.2 Å². The SMILES string of the molecule is N#Cc1c(CCCNC(=O)c2ccc(-n3cc(Br)cn3)cc2)nn(-c2ccccc2)c1N. The van der Waals surface area contributed by atoms with Gasteiger partial charge in [0.2, 0.25) is 0 Å². The highest BCUT2D eigenvalue weighted by atomic mass is 79.9. The summed E-state index contributed by atoms with van der Waals surface area (Å²) in [5.41, 5.74) is 9.36. The number of carbonyl (C=O) groups is 1. The van der Waals surface area contributed by atoms with Crippen LogP contribution in [0.25, 0.3) is 11.4 Å². The average molecular weight is 490 g/mol. The van der Waals surface area contributed by atoms with E-state index in [0.29, 0.717) is 42.0 Å². The number of nitrogens with one attached hydrogen (secondary N) is 1. The van der Waals surface area contributed by atoms with E-state index in [1.807, 2.05) is 48.7 Å². The number of carbonyl (C=O) groups excluding carboxylic acids is 1. The second-order valence-corrected chi connectivity index (χ2v) is 7.99. The molecule has 2 heterocycles. The van der Waals surface area contributed by atoms with Gasteiger partial charge in [0, 0.05) is 18.3 Å². The van der Waals surface area contributed by atoms with Crippen LogP contribution in [0.4, 0.5) is 5.82 Å². The van der Waals surface area contributed by atoms with Crippen molar-refractivity contribution in [1.82, 2.24) is 24.9 Å². The van der Waals surface area contributed by atoms with Gasteiger partial charge >= 0.3 is 0 Å². The van der Waals surface area contributed by atoms with Gasteiger partial charge in [-0.15, -0.1) is 0 Å². The van der Waals surface area contributed by atoms with Crippen LogP contribution in [-0.2, 0) is 6.42 Å². The number of nitriles is 1. The van der Waals surface area contributed by atoms with Crippen LogP contribution in [0.1, 0.15) is 28.0 Å². The summed E-state index contributed by atoms with van der Waals surface area (Å²) < 4.78 is 4.18. The number of hydrogen-bond donors (Lipinski definition) is 2. The van der Waals surface area contributed by atoms with E-state index in [2.05, 4.69) is 37.5 Å². The molecule has 0 aliphatic carbocycles. The minimum Gasteiger partial charge on any atom is -0.382 e. The molecule has 32 heavy (non-hydrogen) atoms. The molecule has 1 amide bonds. The van der Waals surface area contributed by atoms with Gasteiger partial charge in [0.1, 0.15) is 17.5 Å². The number of aryl methyl sites for hydroxylation is 1. The second-order valence-electron chi connectivity index (χ2n) is 7.08. The zero-order valence-corrected chi connectivity index (χ0v) is 18.7. The van der Waals surface area contributed by atoms with Crippen LogP contribution >= 0.6 is 15.9 Å². The molecule has 0 unspecified atom stereocenters. The Bertz CT molecular complexity index is 1270. The highest BCUT2D eigenvalue weighted by Gasteiger charge is 2.16.